The van der Waals surface area contributed by atoms with Crippen molar-refractivity contribution in [3.8, 4) is 5.75 Å². The molecule has 6 nitrogen and oxygen atoms in total. The fraction of sp³-hybridized carbons (Fsp3) is 0.560. The second-order valence-electron chi connectivity index (χ2n) is 9.50. The Kier molecular flexibility index (Phi) is 5.62. The van der Waals surface area contributed by atoms with E-state index in [-0.39, 0.29) is 12.0 Å². The van der Waals surface area contributed by atoms with E-state index in [2.05, 4.69) is 11.0 Å². The number of ether oxygens (including phenoxy) is 3. The molecule has 1 N–H and O–H groups in total. The number of rotatable bonds is 4. The van der Waals surface area contributed by atoms with Gasteiger partial charge in [-0.25, -0.2) is 4.79 Å². The lowest BCUT2D eigenvalue weighted by Crippen LogP contribution is -2.49. The van der Waals surface area contributed by atoms with E-state index in [1.165, 1.54) is 7.11 Å². The fourth-order valence-corrected chi connectivity index (χ4v) is 5.80. The minimum atomic E-state index is -1.24. The van der Waals surface area contributed by atoms with E-state index >= 15 is 0 Å². The lowest BCUT2D eigenvalue weighted by Gasteiger charge is -2.45. The number of halogens is 1. The van der Waals surface area contributed by atoms with Gasteiger partial charge in [-0.05, 0) is 49.3 Å². The molecule has 2 aliphatic carbocycles. The zero-order chi connectivity index (χ0) is 22.3. The molecule has 1 aromatic rings. The van der Waals surface area contributed by atoms with E-state index in [9.17, 15) is 9.90 Å². The molecule has 1 spiro atoms. The normalized spacial score (nSPS) is 33.4. The topological polar surface area (TPSA) is 68.2 Å². The summed E-state index contributed by atoms with van der Waals surface area (Å²) >= 11 is 6.73. The van der Waals surface area contributed by atoms with Gasteiger partial charge in [0.25, 0.3) is 0 Å². The summed E-state index contributed by atoms with van der Waals surface area (Å²) in [7, 11) is 1.36. The molecule has 32 heavy (non-hydrogen) atoms. The zero-order valence-corrected chi connectivity index (χ0v) is 19.1. The molecule has 0 aromatic heterocycles. The lowest BCUT2D eigenvalue weighted by molar-refractivity contribution is -0.142. The molecule has 5 rings (SSSR count). The van der Waals surface area contributed by atoms with Crippen molar-refractivity contribution >= 4 is 17.6 Å². The molecular weight excluding hydrogens is 430 g/mol. The summed E-state index contributed by atoms with van der Waals surface area (Å²) in [5, 5.41) is 9.77. The number of nitrogens with zero attached hydrogens (tertiary/aromatic N) is 1. The van der Waals surface area contributed by atoms with Crippen molar-refractivity contribution in [2.75, 3.05) is 40.0 Å². The first-order chi connectivity index (χ1) is 15.5. The maximum Gasteiger partial charge on any atom is 0.331 e. The Labute approximate surface area is 193 Å². The Morgan fingerprint density at radius 1 is 1.28 bits per heavy atom. The van der Waals surface area contributed by atoms with Gasteiger partial charge in [-0.1, -0.05) is 18.2 Å². The smallest absolute Gasteiger partial charge is 0.331 e. The second-order valence-corrected chi connectivity index (χ2v) is 10.2. The minimum Gasteiger partial charge on any atom is -0.493 e. The van der Waals surface area contributed by atoms with E-state index < -0.39 is 10.8 Å². The van der Waals surface area contributed by atoms with Crippen molar-refractivity contribution in [1.29, 1.82) is 0 Å². The van der Waals surface area contributed by atoms with Crippen molar-refractivity contribution in [1.82, 2.24) is 4.90 Å². The molecule has 1 saturated carbocycles. The first-order valence-corrected chi connectivity index (χ1v) is 11.8. The number of carbonyl (C=O) groups is 1. The van der Waals surface area contributed by atoms with Crippen LogP contribution >= 0.6 is 11.6 Å². The quantitative estimate of drug-likeness (QED) is 0.550. The SMILES string of the molecule is COC(=O)C1(Cl)C=CC2=C(C1)N(C[C@@H]1CC[C@H]1CO)C[C@@]1(CCOc3ccccc31)CO2. The highest BCUT2D eigenvalue weighted by atomic mass is 35.5. The van der Waals surface area contributed by atoms with E-state index in [0.29, 0.717) is 31.5 Å². The zero-order valence-electron chi connectivity index (χ0n) is 18.4. The van der Waals surface area contributed by atoms with Crippen molar-refractivity contribution in [3.63, 3.8) is 0 Å². The largest absolute Gasteiger partial charge is 0.493 e. The second kappa shape index (κ2) is 8.31. The Balaban J connectivity index is 1.52. The van der Waals surface area contributed by atoms with Crippen LogP contribution < -0.4 is 4.74 Å². The van der Waals surface area contributed by atoms with Crippen LogP contribution in [0.4, 0.5) is 0 Å². The van der Waals surface area contributed by atoms with Crippen molar-refractivity contribution in [3.05, 3.63) is 53.4 Å². The summed E-state index contributed by atoms with van der Waals surface area (Å²) in [6.45, 7) is 2.95. The predicted octanol–water partition coefficient (Wildman–Crippen LogP) is 3.38. The van der Waals surface area contributed by atoms with Gasteiger partial charge in [-0.3, -0.25) is 0 Å². The van der Waals surface area contributed by atoms with Gasteiger partial charge in [0.1, 0.15) is 11.5 Å². The molecule has 4 aliphatic rings. The number of aliphatic hydroxyl groups is 1. The van der Waals surface area contributed by atoms with Gasteiger partial charge in [0.15, 0.2) is 4.87 Å². The molecule has 1 aromatic carbocycles. The van der Waals surface area contributed by atoms with E-state index in [1.54, 1.807) is 6.08 Å². The van der Waals surface area contributed by atoms with Crippen LogP contribution in [-0.2, 0) is 19.7 Å². The number of hydrogen-bond acceptors (Lipinski definition) is 6. The van der Waals surface area contributed by atoms with Crippen molar-refractivity contribution < 1.29 is 24.1 Å². The van der Waals surface area contributed by atoms with Crippen LogP contribution in [-0.4, -0.2) is 60.9 Å². The number of allylic oxidation sites excluding steroid dienone is 2. The van der Waals surface area contributed by atoms with Gasteiger partial charge in [0.2, 0.25) is 0 Å². The van der Waals surface area contributed by atoms with E-state index in [4.69, 9.17) is 25.8 Å². The number of methoxy groups -OCH3 is 1. The van der Waals surface area contributed by atoms with Gasteiger partial charge in [-0.2, -0.15) is 0 Å². The van der Waals surface area contributed by atoms with E-state index in [0.717, 1.165) is 55.1 Å². The maximum absolute atomic E-state index is 12.5. The summed E-state index contributed by atoms with van der Waals surface area (Å²) in [5.74, 6) is 1.95. The molecular formula is C25H30ClNO5. The Morgan fingerprint density at radius 2 is 2.09 bits per heavy atom. The Bertz CT molecular complexity index is 959. The molecule has 2 aliphatic heterocycles. The number of alkyl halides is 1. The van der Waals surface area contributed by atoms with E-state index in [1.807, 2.05) is 24.3 Å². The number of carbonyl (C=O) groups excluding carboxylic acids is 1. The summed E-state index contributed by atoms with van der Waals surface area (Å²) in [4.78, 5) is 13.6. The van der Waals surface area contributed by atoms with Gasteiger partial charge < -0.3 is 24.2 Å². The van der Waals surface area contributed by atoms with Crippen LogP contribution in [0.15, 0.2) is 47.9 Å². The molecule has 0 bridgehead atoms. The molecule has 2 heterocycles. The number of hydrogen-bond donors (Lipinski definition) is 1. The first-order valence-electron chi connectivity index (χ1n) is 11.4. The third-order valence-corrected chi connectivity index (χ3v) is 8.09. The average Bonchev–Trinajstić information content (AvgIpc) is 2.94. The highest BCUT2D eigenvalue weighted by molar-refractivity contribution is 6.35. The summed E-state index contributed by atoms with van der Waals surface area (Å²) in [6, 6.07) is 8.20. The van der Waals surface area contributed by atoms with Crippen LogP contribution in [0.3, 0.4) is 0 Å². The Hall–Kier alpha value is -2.18. The molecule has 0 radical (unpaired) electrons. The first kappa shape index (κ1) is 21.7. The number of para-hydroxylation sites is 1. The molecule has 172 valence electrons. The summed E-state index contributed by atoms with van der Waals surface area (Å²) in [5.41, 5.74) is 1.88. The minimum absolute atomic E-state index is 0.213. The highest BCUT2D eigenvalue weighted by Crippen LogP contribution is 2.46. The number of fused-ring (bicyclic) bond motifs is 2. The molecule has 1 fully saturated rings. The van der Waals surface area contributed by atoms with Gasteiger partial charge in [0, 0.05) is 31.7 Å². The molecule has 0 saturated heterocycles. The maximum atomic E-state index is 12.5. The summed E-state index contributed by atoms with van der Waals surface area (Å²) in [6.07, 6.45) is 6.83. The number of esters is 1. The third-order valence-electron chi connectivity index (χ3n) is 7.67. The van der Waals surface area contributed by atoms with Gasteiger partial charge >= 0.3 is 5.97 Å². The van der Waals surface area contributed by atoms with Crippen LogP contribution in [0, 0.1) is 11.8 Å². The lowest BCUT2D eigenvalue weighted by atomic mass is 9.72. The average molecular weight is 460 g/mol. The van der Waals surface area contributed by atoms with Gasteiger partial charge in [0.05, 0.1) is 31.4 Å². The standard InChI is InChI=1S/C25H30ClNO5/c1-30-23(29)25(26)9-8-22-20(12-25)27(13-17-6-7-18(17)14-28)15-24(16-32-22)10-11-31-21-5-3-2-4-19(21)24/h2-5,8-9,17-18,28H,6-7,10-16H2,1H3/t17-,18-,24-,25?/m0/s1. The molecule has 4 atom stereocenters. The van der Waals surface area contributed by atoms with Crippen molar-refractivity contribution in [2.24, 2.45) is 11.8 Å². The molecule has 0 amide bonds. The highest BCUT2D eigenvalue weighted by Gasteiger charge is 2.47. The van der Waals surface area contributed by atoms with Crippen molar-refractivity contribution in [2.45, 2.75) is 36.0 Å². The van der Waals surface area contributed by atoms with Crippen LogP contribution in [0.2, 0.25) is 0 Å². The summed E-state index contributed by atoms with van der Waals surface area (Å²) < 4.78 is 17.4. The fourth-order valence-electron chi connectivity index (χ4n) is 5.54. The van der Waals surface area contributed by atoms with Crippen LogP contribution in [0.1, 0.15) is 31.2 Å². The predicted molar refractivity (Wildman–Crippen MR) is 120 cm³/mol. The van der Waals surface area contributed by atoms with Crippen LogP contribution in [0.25, 0.3) is 0 Å². The Morgan fingerprint density at radius 3 is 2.84 bits per heavy atom. The van der Waals surface area contributed by atoms with Crippen LogP contribution in [0.5, 0.6) is 5.75 Å². The monoisotopic (exact) mass is 459 g/mol. The van der Waals surface area contributed by atoms with Gasteiger partial charge in [-0.15, -0.1) is 11.6 Å². The third kappa shape index (κ3) is 3.57. The number of benzene rings is 1. The number of aliphatic hydroxyl groups excluding tert-OH is 1. The molecule has 7 heteroatoms. The molecule has 1 unspecified atom stereocenters.